The van der Waals surface area contributed by atoms with Gasteiger partial charge < -0.3 is 15.7 Å². The van der Waals surface area contributed by atoms with Crippen molar-refractivity contribution >= 4 is 33.5 Å². The first-order valence-corrected chi connectivity index (χ1v) is 7.06. The van der Waals surface area contributed by atoms with Gasteiger partial charge in [0.05, 0.1) is 11.3 Å². The number of aromatic carboxylic acids is 1. The molecule has 6 heteroatoms. The molecular weight excluding hydrogens is 324 g/mol. The molecule has 1 aromatic rings. The van der Waals surface area contributed by atoms with Gasteiger partial charge in [0.2, 0.25) is 5.91 Å². The number of carbonyl (C=O) groups is 2. The fraction of sp³-hybridized carbons (Fsp3) is 0.429. The molecule has 0 aliphatic rings. The molecule has 0 fully saturated rings. The Morgan fingerprint density at radius 2 is 1.95 bits per heavy atom. The molecule has 0 spiro atoms. The van der Waals surface area contributed by atoms with Crippen molar-refractivity contribution in [3.05, 3.63) is 28.2 Å². The summed E-state index contributed by atoms with van der Waals surface area (Å²) in [6.45, 7) is 6.69. The molecule has 0 radical (unpaired) electrons. The van der Waals surface area contributed by atoms with Crippen LogP contribution in [-0.4, -0.2) is 29.1 Å². The van der Waals surface area contributed by atoms with Crippen LogP contribution in [0.15, 0.2) is 22.7 Å². The second-order valence-electron chi connectivity index (χ2n) is 5.47. The van der Waals surface area contributed by atoms with Gasteiger partial charge in [-0.25, -0.2) is 4.79 Å². The Morgan fingerprint density at radius 3 is 2.45 bits per heavy atom. The maximum Gasteiger partial charge on any atom is 0.335 e. The van der Waals surface area contributed by atoms with Crippen LogP contribution in [-0.2, 0) is 4.79 Å². The molecule has 1 amide bonds. The first-order chi connectivity index (χ1) is 9.19. The third-order valence-corrected chi connectivity index (χ3v) is 3.15. The van der Waals surface area contributed by atoms with E-state index in [1.54, 1.807) is 6.07 Å². The molecule has 0 saturated carbocycles. The van der Waals surface area contributed by atoms with Crippen molar-refractivity contribution in [2.45, 2.75) is 32.7 Å². The average molecular weight is 343 g/mol. The number of halogens is 1. The minimum atomic E-state index is -1.00. The standard InChI is InChI=1S/C14H19BrN2O3/c1-14(2,3)16-7-6-12(18)17-11-5-4-9(13(19)20)8-10(11)15/h4-5,8,16H,6-7H2,1-3H3,(H,17,18)(H,19,20). The van der Waals surface area contributed by atoms with E-state index in [2.05, 4.69) is 26.6 Å². The Morgan fingerprint density at radius 1 is 1.30 bits per heavy atom. The highest BCUT2D eigenvalue weighted by Crippen LogP contribution is 2.23. The summed E-state index contributed by atoms with van der Waals surface area (Å²) in [4.78, 5) is 22.6. The fourth-order valence-electron chi connectivity index (χ4n) is 1.51. The molecule has 20 heavy (non-hydrogen) atoms. The summed E-state index contributed by atoms with van der Waals surface area (Å²) in [6.07, 6.45) is 0.352. The molecule has 0 aromatic heterocycles. The molecule has 0 atom stereocenters. The van der Waals surface area contributed by atoms with Gasteiger partial charge in [-0.15, -0.1) is 0 Å². The van der Waals surface area contributed by atoms with Gasteiger partial charge in [-0.2, -0.15) is 0 Å². The Labute approximate surface area is 126 Å². The van der Waals surface area contributed by atoms with E-state index in [-0.39, 0.29) is 17.0 Å². The number of carbonyl (C=O) groups excluding carboxylic acids is 1. The van der Waals surface area contributed by atoms with Crippen molar-refractivity contribution in [3.63, 3.8) is 0 Å². The van der Waals surface area contributed by atoms with Gasteiger partial charge in [0.1, 0.15) is 0 Å². The number of nitrogens with one attached hydrogen (secondary N) is 2. The topological polar surface area (TPSA) is 78.4 Å². The molecule has 3 N–H and O–H groups in total. The minimum Gasteiger partial charge on any atom is -0.478 e. The fourth-order valence-corrected chi connectivity index (χ4v) is 1.99. The zero-order valence-corrected chi connectivity index (χ0v) is 13.4. The van der Waals surface area contributed by atoms with Crippen LogP contribution in [0, 0.1) is 0 Å². The summed E-state index contributed by atoms with van der Waals surface area (Å²) >= 11 is 3.25. The van der Waals surface area contributed by atoms with Crippen LogP contribution in [0.3, 0.4) is 0 Å². The van der Waals surface area contributed by atoms with Gasteiger partial charge in [0.15, 0.2) is 0 Å². The third-order valence-electron chi connectivity index (χ3n) is 2.50. The maximum atomic E-state index is 11.8. The molecule has 5 nitrogen and oxygen atoms in total. The maximum absolute atomic E-state index is 11.8. The van der Waals surface area contributed by atoms with E-state index < -0.39 is 5.97 Å². The van der Waals surface area contributed by atoms with Crippen LogP contribution in [0.1, 0.15) is 37.6 Å². The van der Waals surface area contributed by atoms with Gasteiger partial charge in [-0.3, -0.25) is 4.79 Å². The zero-order valence-electron chi connectivity index (χ0n) is 11.8. The predicted octanol–water partition coefficient (Wildman–Crippen LogP) is 2.86. The zero-order chi connectivity index (χ0) is 15.3. The molecule has 1 rings (SSSR count). The van der Waals surface area contributed by atoms with Crippen LogP contribution < -0.4 is 10.6 Å². The van der Waals surface area contributed by atoms with Crippen LogP contribution >= 0.6 is 15.9 Å². The lowest BCUT2D eigenvalue weighted by molar-refractivity contribution is -0.116. The van der Waals surface area contributed by atoms with Gasteiger partial charge >= 0.3 is 5.97 Å². The molecule has 0 aliphatic carbocycles. The van der Waals surface area contributed by atoms with Crippen molar-refractivity contribution < 1.29 is 14.7 Å². The number of carboxylic acid groups (broad SMARTS) is 1. The third kappa shape index (κ3) is 5.71. The van der Waals surface area contributed by atoms with Crippen LogP contribution in [0.25, 0.3) is 0 Å². The Kier molecular flexibility index (Phi) is 5.71. The van der Waals surface area contributed by atoms with E-state index in [0.29, 0.717) is 23.1 Å². The van der Waals surface area contributed by atoms with E-state index in [9.17, 15) is 9.59 Å². The summed E-state index contributed by atoms with van der Waals surface area (Å²) in [5.74, 6) is -1.12. The lowest BCUT2D eigenvalue weighted by atomic mass is 10.1. The predicted molar refractivity (Wildman–Crippen MR) is 82.1 cm³/mol. The van der Waals surface area contributed by atoms with Crippen molar-refractivity contribution in [1.29, 1.82) is 0 Å². The Bertz CT molecular complexity index is 510. The van der Waals surface area contributed by atoms with Crippen LogP contribution in [0.4, 0.5) is 5.69 Å². The largest absolute Gasteiger partial charge is 0.478 e. The van der Waals surface area contributed by atoms with E-state index in [1.807, 2.05) is 20.8 Å². The molecule has 0 aliphatic heterocycles. The van der Waals surface area contributed by atoms with Crippen molar-refractivity contribution in [1.82, 2.24) is 5.32 Å². The first-order valence-electron chi connectivity index (χ1n) is 6.27. The number of carboxylic acids is 1. The van der Waals surface area contributed by atoms with Crippen LogP contribution in [0.5, 0.6) is 0 Å². The van der Waals surface area contributed by atoms with E-state index in [4.69, 9.17) is 5.11 Å². The summed E-state index contributed by atoms with van der Waals surface area (Å²) in [6, 6.07) is 4.49. The van der Waals surface area contributed by atoms with Gasteiger partial charge in [0.25, 0.3) is 0 Å². The summed E-state index contributed by atoms with van der Waals surface area (Å²) in [7, 11) is 0. The van der Waals surface area contributed by atoms with Crippen LogP contribution in [0.2, 0.25) is 0 Å². The molecule has 0 saturated heterocycles. The van der Waals surface area contributed by atoms with Crippen molar-refractivity contribution in [2.75, 3.05) is 11.9 Å². The lowest BCUT2D eigenvalue weighted by Crippen LogP contribution is -2.37. The lowest BCUT2D eigenvalue weighted by Gasteiger charge is -2.20. The smallest absolute Gasteiger partial charge is 0.335 e. The Hall–Kier alpha value is -1.40. The number of anilines is 1. The summed E-state index contributed by atoms with van der Waals surface area (Å²) < 4.78 is 0.550. The van der Waals surface area contributed by atoms with E-state index >= 15 is 0 Å². The molecule has 0 bridgehead atoms. The SMILES string of the molecule is CC(C)(C)NCCC(=O)Nc1ccc(C(=O)O)cc1Br. The number of hydrogen-bond donors (Lipinski definition) is 3. The summed E-state index contributed by atoms with van der Waals surface area (Å²) in [5.41, 5.74) is 0.712. The highest BCUT2D eigenvalue weighted by Gasteiger charge is 2.11. The molecule has 0 heterocycles. The monoisotopic (exact) mass is 342 g/mol. The molecule has 110 valence electrons. The number of rotatable bonds is 5. The molecule has 0 unspecified atom stereocenters. The number of benzene rings is 1. The van der Waals surface area contributed by atoms with E-state index in [0.717, 1.165) is 0 Å². The van der Waals surface area contributed by atoms with Crippen molar-refractivity contribution in [3.8, 4) is 0 Å². The van der Waals surface area contributed by atoms with Gasteiger partial charge in [-0.1, -0.05) is 0 Å². The summed E-state index contributed by atoms with van der Waals surface area (Å²) in [5, 5.41) is 14.8. The first kappa shape index (κ1) is 16.7. The molecule has 1 aromatic carbocycles. The normalized spacial score (nSPS) is 11.2. The number of hydrogen-bond acceptors (Lipinski definition) is 3. The average Bonchev–Trinajstić information content (AvgIpc) is 2.29. The Balaban J connectivity index is 2.56. The van der Waals surface area contributed by atoms with Gasteiger partial charge in [0, 0.05) is 23.0 Å². The van der Waals surface area contributed by atoms with Gasteiger partial charge in [-0.05, 0) is 54.9 Å². The highest BCUT2D eigenvalue weighted by atomic mass is 79.9. The quantitative estimate of drug-likeness (QED) is 0.768. The molecular formula is C14H19BrN2O3. The van der Waals surface area contributed by atoms with E-state index in [1.165, 1.54) is 12.1 Å². The second kappa shape index (κ2) is 6.85. The second-order valence-corrected chi connectivity index (χ2v) is 6.33. The number of amides is 1. The highest BCUT2D eigenvalue weighted by molar-refractivity contribution is 9.10. The minimum absolute atomic E-state index is 0.0238. The van der Waals surface area contributed by atoms with Crippen molar-refractivity contribution in [2.24, 2.45) is 0 Å².